The van der Waals surface area contributed by atoms with Gasteiger partial charge in [0.25, 0.3) is 0 Å². The Kier molecular flexibility index (Phi) is 29.5. The van der Waals surface area contributed by atoms with Crippen molar-refractivity contribution >= 4 is 0 Å². The van der Waals surface area contributed by atoms with Crippen LogP contribution in [0.15, 0.2) is 30.4 Å². The zero-order valence-electron chi connectivity index (χ0n) is 22.1. The van der Waals surface area contributed by atoms with Crippen LogP contribution in [0.25, 0.3) is 0 Å². The Labute approximate surface area is 204 Å². The molecule has 0 nitrogen and oxygen atoms in total. The highest BCUT2D eigenvalue weighted by Crippen LogP contribution is 2.15. The third kappa shape index (κ3) is 29.2. The molecular formula is C32H59. The summed E-state index contributed by atoms with van der Waals surface area (Å²) in [7, 11) is 0. The molecule has 0 aromatic carbocycles. The van der Waals surface area contributed by atoms with Gasteiger partial charge in [0.2, 0.25) is 0 Å². The van der Waals surface area contributed by atoms with Crippen LogP contribution in [0, 0.1) is 6.58 Å². The van der Waals surface area contributed by atoms with Crippen molar-refractivity contribution in [2.75, 3.05) is 0 Å². The highest BCUT2D eigenvalue weighted by Gasteiger charge is 1.96. The number of rotatable bonds is 27. The monoisotopic (exact) mass is 443 g/mol. The molecule has 0 fully saturated rings. The van der Waals surface area contributed by atoms with Gasteiger partial charge < -0.3 is 0 Å². The lowest BCUT2D eigenvalue weighted by atomic mass is 10.0. The molecule has 0 aromatic rings. The molecule has 0 rings (SSSR count). The average molecular weight is 444 g/mol. The molecule has 0 bridgehead atoms. The van der Waals surface area contributed by atoms with Gasteiger partial charge in [-0.2, -0.15) is 0 Å². The fourth-order valence-corrected chi connectivity index (χ4v) is 4.53. The first kappa shape index (κ1) is 31.2. The van der Waals surface area contributed by atoms with Crippen molar-refractivity contribution in [1.82, 2.24) is 0 Å². The topological polar surface area (TPSA) is 0 Å². The van der Waals surface area contributed by atoms with Crippen molar-refractivity contribution in [3.05, 3.63) is 37.0 Å². The van der Waals surface area contributed by atoms with E-state index < -0.39 is 0 Å². The highest BCUT2D eigenvalue weighted by atomic mass is 14.0. The highest BCUT2D eigenvalue weighted by molar-refractivity contribution is 5.07. The van der Waals surface area contributed by atoms with E-state index in [9.17, 15) is 0 Å². The van der Waals surface area contributed by atoms with E-state index in [1.807, 2.05) is 12.2 Å². The molecule has 0 saturated carbocycles. The number of unbranched alkanes of at least 4 members (excludes halogenated alkanes) is 24. The molecule has 0 N–H and O–H groups in total. The predicted octanol–water partition coefficient (Wildman–Crippen LogP) is 11.9. The normalized spacial score (nSPS) is 11.8. The van der Waals surface area contributed by atoms with Crippen molar-refractivity contribution in [2.24, 2.45) is 0 Å². The molecule has 0 aliphatic rings. The Morgan fingerprint density at radius 1 is 0.375 bits per heavy atom. The van der Waals surface area contributed by atoms with Gasteiger partial charge in [-0.05, 0) is 12.8 Å². The molecule has 1 radical (unpaired) electrons. The van der Waals surface area contributed by atoms with Gasteiger partial charge in [0, 0.05) is 0 Å². The standard InChI is InChI=1S/C32H59/c1-3-5-7-9-11-13-15-17-19-21-23-25-27-29-31-32-30-28-26-24-22-20-18-16-14-12-10-8-6-4-2/h1,3,5,7,9,11H,4,6,8,10,12-32H2,2H3/b3-1?,7-5+,11-9+. The summed E-state index contributed by atoms with van der Waals surface area (Å²) in [6, 6.07) is 0. The molecule has 0 aromatic heterocycles. The first-order chi connectivity index (χ1) is 15.9. The van der Waals surface area contributed by atoms with Gasteiger partial charge >= 0.3 is 0 Å². The molecular weight excluding hydrogens is 384 g/mol. The summed E-state index contributed by atoms with van der Waals surface area (Å²) >= 11 is 0. The lowest BCUT2D eigenvalue weighted by Gasteiger charge is -2.04. The van der Waals surface area contributed by atoms with Crippen LogP contribution in [0.2, 0.25) is 0 Å². The first-order valence-electron chi connectivity index (χ1n) is 14.8. The Bertz CT molecular complexity index is 389. The fraction of sp³-hybridized carbons (Fsp3) is 0.812. The van der Waals surface area contributed by atoms with Crippen LogP contribution < -0.4 is 0 Å². The molecule has 0 heterocycles. The van der Waals surface area contributed by atoms with Crippen LogP contribution in [0.5, 0.6) is 0 Å². The van der Waals surface area contributed by atoms with E-state index in [-0.39, 0.29) is 0 Å². The summed E-state index contributed by atoms with van der Waals surface area (Å²) in [5, 5.41) is 0. The van der Waals surface area contributed by atoms with Crippen LogP contribution >= 0.6 is 0 Å². The molecule has 32 heavy (non-hydrogen) atoms. The number of allylic oxidation sites excluding steroid dienone is 5. The summed E-state index contributed by atoms with van der Waals surface area (Å²) in [6.45, 7) is 7.59. The molecule has 0 saturated heterocycles. The zero-order valence-corrected chi connectivity index (χ0v) is 22.1. The zero-order chi connectivity index (χ0) is 23.2. The largest absolute Gasteiger partial charge is 0.0845 e. The van der Waals surface area contributed by atoms with Gasteiger partial charge in [-0.1, -0.05) is 192 Å². The maximum absolute atomic E-state index is 5.29. The van der Waals surface area contributed by atoms with Crippen LogP contribution in [-0.2, 0) is 0 Å². The molecule has 0 aliphatic carbocycles. The molecule has 0 spiro atoms. The maximum atomic E-state index is 5.29. The van der Waals surface area contributed by atoms with E-state index in [2.05, 4.69) is 19.1 Å². The van der Waals surface area contributed by atoms with Crippen molar-refractivity contribution in [1.29, 1.82) is 0 Å². The van der Waals surface area contributed by atoms with Crippen LogP contribution in [-0.4, -0.2) is 0 Å². The van der Waals surface area contributed by atoms with Crippen LogP contribution in [0.4, 0.5) is 0 Å². The van der Waals surface area contributed by atoms with Gasteiger partial charge in [-0.25, -0.2) is 0 Å². The van der Waals surface area contributed by atoms with Gasteiger partial charge in [-0.15, -0.1) is 0 Å². The van der Waals surface area contributed by atoms with E-state index in [0.717, 1.165) is 0 Å². The SMILES string of the molecule is [CH]=C/C=C/C=C/CCCCCCCCCCCCCCCCCCCCCCCCCC. The molecule has 0 atom stereocenters. The lowest BCUT2D eigenvalue weighted by Crippen LogP contribution is -1.84. The van der Waals surface area contributed by atoms with Crippen molar-refractivity contribution in [3.8, 4) is 0 Å². The van der Waals surface area contributed by atoms with Crippen molar-refractivity contribution in [2.45, 2.75) is 167 Å². The minimum Gasteiger partial charge on any atom is -0.0845 e. The van der Waals surface area contributed by atoms with E-state index in [4.69, 9.17) is 6.58 Å². The molecule has 0 amide bonds. The van der Waals surface area contributed by atoms with E-state index >= 15 is 0 Å². The van der Waals surface area contributed by atoms with Gasteiger partial charge in [0.15, 0.2) is 0 Å². The van der Waals surface area contributed by atoms with Crippen molar-refractivity contribution < 1.29 is 0 Å². The Morgan fingerprint density at radius 2 is 0.688 bits per heavy atom. The van der Waals surface area contributed by atoms with E-state index in [1.54, 1.807) is 6.08 Å². The molecule has 0 unspecified atom stereocenters. The minimum atomic E-state index is 1.20. The third-order valence-corrected chi connectivity index (χ3v) is 6.69. The minimum absolute atomic E-state index is 1.20. The van der Waals surface area contributed by atoms with Crippen LogP contribution in [0.3, 0.4) is 0 Å². The predicted molar refractivity (Wildman–Crippen MR) is 148 cm³/mol. The Morgan fingerprint density at radius 3 is 1.00 bits per heavy atom. The maximum Gasteiger partial charge on any atom is -0.0348 e. The molecule has 0 heteroatoms. The summed E-state index contributed by atoms with van der Waals surface area (Å²) in [4.78, 5) is 0. The smallest absolute Gasteiger partial charge is 0.0348 e. The fourth-order valence-electron chi connectivity index (χ4n) is 4.53. The van der Waals surface area contributed by atoms with E-state index in [1.165, 1.54) is 161 Å². The van der Waals surface area contributed by atoms with Gasteiger partial charge in [0.05, 0.1) is 0 Å². The molecule has 187 valence electrons. The summed E-state index contributed by atoms with van der Waals surface area (Å²) < 4.78 is 0. The summed E-state index contributed by atoms with van der Waals surface area (Å²) in [6.07, 6.45) is 45.9. The molecule has 0 aliphatic heterocycles. The first-order valence-corrected chi connectivity index (χ1v) is 14.8. The van der Waals surface area contributed by atoms with Gasteiger partial charge in [-0.3, -0.25) is 0 Å². The summed E-state index contributed by atoms with van der Waals surface area (Å²) in [5.74, 6) is 0. The Balaban J connectivity index is 3.04. The number of hydrogen-bond donors (Lipinski definition) is 0. The lowest BCUT2D eigenvalue weighted by molar-refractivity contribution is 0.517. The number of hydrogen-bond acceptors (Lipinski definition) is 0. The second kappa shape index (κ2) is 30.2. The third-order valence-electron chi connectivity index (χ3n) is 6.69. The van der Waals surface area contributed by atoms with E-state index in [0.29, 0.717) is 0 Å². The summed E-state index contributed by atoms with van der Waals surface area (Å²) in [5.41, 5.74) is 0. The quantitative estimate of drug-likeness (QED) is 0.0874. The second-order valence-electron chi connectivity index (χ2n) is 9.93. The Hall–Kier alpha value is -0.780. The average Bonchev–Trinajstić information content (AvgIpc) is 2.81. The van der Waals surface area contributed by atoms with Crippen LogP contribution in [0.1, 0.15) is 167 Å². The second-order valence-corrected chi connectivity index (χ2v) is 9.93. The van der Waals surface area contributed by atoms with Gasteiger partial charge in [0.1, 0.15) is 0 Å². The van der Waals surface area contributed by atoms with Crippen molar-refractivity contribution in [3.63, 3.8) is 0 Å².